The first kappa shape index (κ1) is 27.6. The van der Waals surface area contributed by atoms with Crippen LogP contribution in [0.15, 0.2) is 59.5 Å². The molecule has 1 aliphatic rings. The van der Waals surface area contributed by atoms with Gasteiger partial charge < -0.3 is 9.47 Å². The highest BCUT2D eigenvalue weighted by Gasteiger charge is 2.41. The highest BCUT2D eigenvalue weighted by molar-refractivity contribution is 7.89. The SMILES string of the molecule is C#CCN1C[C@H](NS(=O)(=O)c2ccc(OCc3cc(C)nc4ccccc34)cc2)[C@H](C(=O)OC(C)(C)C)C1. The van der Waals surface area contributed by atoms with E-state index in [4.69, 9.17) is 15.9 Å². The number of terminal acetylenes is 1. The Morgan fingerprint density at radius 1 is 1.16 bits per heavy atom. The van der Waals surface area contributed by atoms with Crippen molar-refractivity contribution in [1.29, 1.82) is 0 Å². The number of aryl methyl sites for hydroxylation is 1. The number of nitrogens with one attached hydrogen (secondary N) is 1. The number of esters is 1. The van der Waals surface area contributed by atoms with Crippen LogP contribution in [-0.4, -0.2) is 55.5 Å². The Balaban J connectivity index is 1.46. The van der Waals surface area contributed by atoms with Crippen LogP contribution in [0.4, 0.5) is 0 Å². The van der Waals surface area contributed by atoms with Gasteiger partial charge in [-0.05, 0) is 64.1 Å². The molecule has 0 spiro atoms. The topological polar surface area (TPSA) is 97.8 Å². The van der Waals surface area contributed by atoms with E-state index in [9.17, 15) is 13.2 Å². The molecule has 1 saturated heterocycles. The summed E-state index contributed by atoms with van der Waals surface area (Å²) >= 11 is 0. The fraction of sp³-hybridized carbons (Fsp3) is 0.379. The van der Waals surface area contributed by atoms with Crippen molar-refractivity contribution in [2.45, 2.75) is 50.8 Å². The standard InChI is InChI=1S/C29H33N3O5S/c1-6-15-32-17-25(28(33)37-29(3,4)5)27(18-32)31-38(34,35)23-13-11-22(12-14-23)36-19-21-16-20(2)30-26-10-8-7-9-24(21)26/h1,7-14,16,25,27,31H,15,17-19H2,2-5H3/t25-,27+/m1/s1. The molecule has 1 aromatic heterocycles. The molecule has 0 unspecified atom stereocenters. The maximum atomic E-state index is 13.2. The minimum atomic E-state index is -3.91. The Hall–Kier alpha value is -3.45. The molecule has 8 nitrogen and oxygen atoms in total. The van der Waals surface area contributed by atoms with Crippen molar-refractivity contribution in [2.75, 3.05) is 19.6 Å². The number of likely N-dealkylation sites (tertiary alicyclic amines) is 1. The fourth-order valence-electron chi connectivity index (χ4n) is 4.54. The number of nitrogens with zero attached hydrogens (tertiary/aromatic N) is 2. The maximum Gasteiger partial charge on any atom is 0.312 e. The van der Waals surface area contributed by atoms with Gasteiger partial charge in [0.15, 0.2) is 0 Å². The van der Waals surface area contributed by atoms with Crippen molar-refractivity contribution < 1.29 is 22.7 Å². The molecule has 0 bridgehead atoms. The molecule has 1 aliphatic heterocycles. The van der Waals surface area contributed by atoms with Gasteiger partial charge in [0.05, 0.1) is 22.9 Å². The fourth-order valence-corrected chi connectivity index (χ4v) is 5.80. The Morgan fingerprint density at radius 3 is 2.55 bits per heavy atom. The quantitative estimate of drug-likeness (QED) is 0.347. The van der Waals surface area contributed by atoms with Crippen LogP contribution >= 0.6 is 0 Å². The summed E-state index contributed by atoms with van der Waals surface area (Å²) in [6, 6.07) is 15.4. The van der Waals surface area contributed by atoms with E-state index in [1.54, 1.807) is 32.9 Å². The summed E-state index contributed by atoms with van der Waals surface area (Å²) in [5, 5.41) is 1.01. The number of hydrogen-bond acceptors (Lipinski definition) is 7. The summed E-state index contributed by atoms with van der Waals surface area (Å²) in [6.07, 6.45) is 5.44. The van der Waals surface area contributed by atoms with Crippen LogP contribution < -0.4 is 9.46 Å². The first-order valence-electron chi connectivity index (χ1n) is 12.4. The Morgan fingerprint density at radius 2 is 1.87 bits per heavy atom. The largest absolute Gasteiger partial charge is 0.489 e. The van der Waals surface area contributed by atoms with Gasteiger partial charge in [-0.15, -0.1) is 6.42 Å². The second-order valence-corrected chi connectivity index (χ2v) is 12.2. The normalized spacial score (nSPS) is 18.3. The highest BCUT2D eigenvalue weighted by Crippen LogP contribution is 2.25. The molecule has 0 aliphatic carbocycles. The van der Waals surface area contributed by atoms with Gasteiger partial charge >= 0.3 is 5.97 Å². The molecule has 38 heavy (non-hydrogen) atoms. The molecular weight excluding hydrogens is 502 g/mol. The molecule has 1 fully saturated rings. The number of ether oxygens (including phenoxy) is 2. The third kappa shape index (κ3) is 6.70. The van der Waals surface area contributed by atoms with Gasteiger partial charge in [0.1, 0.15) is 18.0 Å². The number of fused-ring (bicyclic) bond motifs is 1. The molecule has 9 heteroatoms. The van der Waals surface area contributed by atoms with Crippen LogP contribution in [0.2, 0.25) is 0 Å². The number of sulfonamides is 1. The number of para-hydroxylation sites is 1. The number of hydrogen-bond donors (Lipinski definition) is 1. The lowest BCUT2D eigenvalue weighted by Crippen LogP contribution is -2.44. The molecule has 4 rings (SSSR count). The smallest absolute Gasteiger partial charge is 0.312 e. The summed E-state index contributed by atoms with van der Waals surface area (Å²) in [6.45, 7) is 8.54. The summed E-state index contributed by atoms with van der Waals surface area (Å²) in [5.74, 6) is 1.97. The Bertz CT molecular complexity index is 1460. The number of rotatable bonds is 8. The minimum absolute atomic E-state index is 0.0772. The second kappa shape index (κ2) is 11.1. The van der Waals surface area contributed by atoms with Crippen molar-refractivity contribution in [1.82, 2.24) is 14.6 Å². The highest BCUT2D eigenvalue weighted by atomic mass is 32.2. The third-order valence-corrected chi connectivity index (χ3v) is 7.69. The summed E-state index contributed by atoms with van der Waals surface area (Å²) in [7, 11) is -3.91. The van der Waals surface area contributed by atoms with Crippen molar-refractivity contribution in [2.24, 2.45) is 5.92 Å². The van der Waals surface area contributed by atoms with Gasteiger partial charge in [0.25, 0.3) is 0 Å². The number of carbonyl (C=O) groups excluding carboxylic acids is 1. The van der Waals surface area contributed by atoms with Crippen LogP contribution in [0, 0.1) is 25.2 Å². The van der Waals surface area contributed by atoms with Crippen LogP contribution in [0.3, 0.4) is 0 Å². The second-order valence-electron chi connectivity index (χ2n) is 10.5. The average molecular weight is 536 g/mol. The zero-order valence-electron chi connectivity index (χ0n) is 22.1. The minimum Gasteiger partial charge on any atom is -0.489 e. The first-order chi connectivity index (χ1) is 17.9. The van der Waals surface area contributed by atoms with Crippen LogP contribution in [0.1, 0.15) is 32.0 Å². The summed E-state index contributed by atoms with van der Waals surface area (Å²) in [4.78, 5) is 19.3. The molecule has 3 aromatic rings. The number of aromatic nitrogens is 1. The monoisotopic (exact) mass is 535 g/mol. The zero-order chi connectivity index (χ0) is 27.5. The molecule has 0 saturated carbocycles. The van der Waals surface area contributed by atoms with Crippen molar-refractivity contribution in [3.8, 4) is 18.1 Å². The van der Waals surface area contributed by atoms with E-state index in [1.807, 2.05) is 42.2 Å². The zero-order valence-corrected chi connectivity index (χ0v) is 22.9. The number of benzene rings is 2. The van der Waals surface area contributed by atoms with Crippen molar-refractivity contribution >= 4 is 26.9 Å². The van der Waals surface area contributed by atoms with E-state index in [0.29, 0.717) is 32.0 Å². The molecule has 200 valence electrons. The lowest BCUT2D eigenvalue weighted by atomic mass is 10.0. The van der Waals surface area contributed by atoms with Crippen LogP contribution in [-0.2, 0) is 26.2 Å². The maximum absolute atomic E-state index is 13.2. The van der Waals surface area contributed by atoms with Gasteiger partial charge in [-0.25, -0.2) is 13.1 Å². The molecule has 2 heterocycles. The first-order valence-corrected chi connectivity index (χ1v) is 13.9. The van der Waals surface area contributed by atoms with Crippen LogP contribution in [0.25, 0.3) is 10.9 Å². The van der Waals surface area contributed by atoms with E-state index < -0.39 is 33.6 Å². The predicted octanol–water partition coefficient (Wildman–Crippen LogP) is 3.68. The lowest BCUT2D eigenvalue weighted by Gasteiger charge is -2.24. The van der Waals surface area contributed by atoms with Gasteiger partial charge in [-0.3, -0.25) is 14.7 Å². The van der Waals surface area contributed by atoms with E-state index >= 15 is 0 Å². The molecule has 2 atom stereocenters. The van der Waals surface area contributed by atoms with Gasteiger partial charge in [-0.1, -0.05) is 24.1 Å². The lowest BCUT2D eigenvalue weighted by molar-refractivity contribution is -0.159. The van der Waals surface area contributed by atoms with E-state index in [0.717, 1.165) is 22.2 Å². The summed E-state index contributed by atoms with van der Waals surface area (Å²) < 4.78 is 40.6. The van der Waals surface area contributed by atoms with Gasteiger partial charge in [-0.2, -0.15) is 0 Å². The number of pyridine rings is 1. The molecule has 0 amide bonds. The van der Waals surface area contributed by atoms with Gasteiger partial charge in [0.2, 0.25) is 10.0 Å². The Labute approximate surface area is 224 Å². The molecule has 1 N–H and O–H groups in total. The van der Waals surface area contributed by atoms with Crippen molar-refractivity contribution in [3.63, 3.8) is 0 Å². The average Bonchev–Trinajstić information content (AvgIpc) is 3.23. The third-order valence-electron chi connectivity index (χ3n) is 6.18. The molecule has 0 radical (unpaired) electrons. The van der Waals surface area contributed by atoms with E-state index in [-0.39, 0.29) is 4.90 Å². The molecular formula is C29H33N3O5S. The van der Waals surface area contributed by atoms with Crippen LogP contribution in [0.5, 0.6) is 5.75 Å². The van der Waals surface area contributed by atoms with Gasteiger partial charge in [0, 0.05) is 35.8 Å². The predicted molar refractivity (Wildman–Crippen MR) is 146 cm³/mol. The Kier molecular flexibility index (Phi) is 8.07. The van der Waals surface area contributed by atoms with Crippen molar-refractivity contribution in [3.05, 3.63) is 65.9 Å². The van der Waals surface area contributed by atoms with E-state index in [2.05, 4.69) is 15.6 Å². The summed E-state index contributed by atoms with van der Waals surface area (Å²) in [5.41, 5.74) is 2.11. The van der Waals surface area contributed by atoms with E-state index in [1.165, 1.54) is 12.1 Å². The molecule has 2 aromatic carbocycles. The number of carbonyl (C=O) groups is 1.